The molecule has 2 unspecified atom stereocenters. The molecule has 2 amide bonds. The first kappa shape index (κ1) is 17.2. The van der Waals surface area contributed by atoms with Crippen LogP contribution in [0.1, 0.15) is 54.5 Å². The number of hydrogen-bond acceptors (Lipinski definition) is 5. The zero-order valence-corrected chi connectivity index (χ0v) is 15.8. The average Bonchev–Trinajstić information content (AvgIpc) is 3.24. The normalized spacial score (nSPS) is 23.0. The van der Waals surface area contributed by atoms with Crippen molar-refractivity contribution in [2.45, 2.75) is 45.2 Å². The van der Waals surface area contributed by atoms with Crippen LogP contribution in [0.5, 0.6) is 0 Å². The number of amides is 2. The van der Waals surface area contributed by atoms with Gasteiger partial charge in [0.15, 0.2) is 0 Å². The number of nitrogens with one attached hydrogen (secondary N) is 1. The maximum Gasteiger partial charge on any atom is 0.274 e. The summed E-state index contributed by atoms with van der Waals surface area (Å²) >= 11 is 1.54. The molecule has 26 heavy (non-hydrogen) atoms. The minimum absolute atomic E-state index is 0.0513. The fraction of sp³-hybridized carbons (Fsp3) is 0.556. The maximum absolute atomic E-state index is 12.9. The summed E-state index contributed by atoms with van der Waals surface area (Å²) in [5.41, 5.74) is 4.10. The lowest BCUT2D eigenvalue weighted by atomic mass is 9.94. The summed E-state index contributed by atoms with van der Waals surface area (Å²) in [6, 6.07) is 1.88. The first-order valence-electron chi connectivity index (χ1n) is 9.05. The highest BCUT2D eigenvalue weighted by atomic mass is 32.1. The zero-order chi connectivity index (χ0) is 18.3. The summed E-state index contributed by atoms with van der Waals surface area (Å²) in [7, 11) is 0. The van der Waals surface area contributed by atoms with Crippen LogP contribution in [0, 0.1) is 5.92 Å². The Bertz CT molecular complexity index is 800. The summed E-state index contributed by atoms with van der Waals surface area (Å²) in [5, 5.41) is 9.11. The van der Waals surface area contributed by atoms with Crippen molar-refractivity contribution in [1.82, 2.24) is 25.0 Å². The largest absolute Gasteiger partial charge is 0.334 e. The molecule has 3 aliphatic heterocycles. The van der Waals surface area contributed by atoms with E-state index in [0.29, 0.717) is 31.2 Å². The summed E-state index contributed by atoms with van der Waals surface area (Å²) in [6.45, 7) is 5.69. The molecule has 3 saturated heterocycles. The minimum Gasteiger partial charge on any atom is -0.334 e. The number of piperidine rings is 1. The van der Waals surface area contributed by atoms with E-state index in [9.17, 15) is 9.59 Å². The van der Waals surface area contributed by atoms with Crippen molar-refractivity contribution in [3.05, 3.63) is 34.0 Å². The number of carbonyl (C=O) groups excluding carboxylic acids is 2. The molecule has 0 saturated carbocycles. The molecule has 2 bridgehead atoms. The van der Waals surface area contributed by atoms with E-state index in [1.807, 2.05) is 21.2 Å². The van der Waals surface area contributed by atoms with Gasteiger partial charge in [-0.15, -0.1) is 11.3 Å². The molecular weight excluding hydrogens is 350 g/mol. The van der Waals surface area contributed by atoms with Crippen LogP contribution in [0.25, 0.3) is 0 Å². The second-order valence-corrected chi connectivity index (χ2v) is 8.17. The number of hydrogen-bond donors (Lipinski definition) is 1. The molecule has 2 aromatic heterocycles. The number of carbonyl (C=O) groups is 2. The van der Waals surface area contributed by atoms with E-state index in [0.717, 1.165) is 24.2 Å². The van der Waals surface area contributed by atoms with Crippen LogP contribution in [0.15, 0.2) is 17.0 Å². The lowest BCUT2D eigenvalue weighted by Crippen LogP contribution is -2.47. The third-order valence-electron chi connectivity index (χ3n) is 5.34. The van der Waals surface area contributed by atoms with Crippen molar-refractivity contribution in [1.29, 1.82) is 0 Å². The standard InChI is InChI=1S/C18H23N5O2S/c1-11(2)15-5-16(21-20-15)18(25)22-6-12-3-4-14(8-22)23(17(12)24)7-13-9-26-10-19-13/h5,9-12,14H,3-4,6-8H2,1-2H3,(H,20,21). The van der Waals surface area contributed by atoms with Crippen molar-refractivity contribution < 1.29 is 9.59 Å². The smallest absolute Gasteiger partial charge is 0.274 e. The predicted octanol–water partition coefficient (Wildman–Crippen LogP) is 2.25. The Kier molecular flexibility index (Phi) is 4.52. The zero-order valence-electron chi connectivity index (χ0n) is 15.0. The molecule has 138 valence electrons. The third-order valence-corrected chi connectivity index (χ3v) is 5.97. The molecule has 1 N–H and O–H groups in total. The number of thiazole rings is 1. The number of aromatic nitrogens is 3. The van der Waals surface area contributed by atoms with Crippen molar-refractivity contribution in [2.24, 2.45) is 5.92 Å². The average molecular weight is 373 g/mol. The van der Waals surface area contributed by atoms with E-state index in [1.165, 1.54) is 11.3 Å². The number of nitrogens with zero attached hydrogens (tertiary/aromatic N) is 4. The molecule has 3 aliphatic rings. The molecular formula is C18H23N5O2S. The van der Waals surface area contributed by atoms with Gasteiger partial charge in [-0.2, -0.15) is 5.10 Å². The van der Waals surface area contributed by atoms with Gasteiger partial charge in [0.25, 0.3) is 5.91 Å². The lowest BCUT2D eigenvalue weighted by Gasteiger charge is -2.35. The van der Waals surface area contributed by atoms with Gasteiger partial charge in [0.05, 0.1) is 23.7 Å². The number of rotatable bonds is 4. The quantitative estimate of drug-likeness (QED) is 0.891. The monoisotopic (exact) mass is 373 g/mol. The Balaban J connectivity index is 1.53. The molecule has 0 spiro atoms. The second kappa shape index (κ2) is 6.83. The first-order chi connectivity index (χ1) is 12.5. The van der Waals surface area contributed by atoms with Crippen molar-refractivity contribution >= 4 is 23.2 Å². The lowest BCUT2D eigenvalue weighted by molar-refractivity contribution is -0.140. The van der Waals surface area contributed by atoms with Crippen LogP contribution in [-0.2, 0) is 11.3 Å². The molecule has 2 atom stereocenters. The van der Waals surface area contributed by atoms with E-state index >= 15 is 0 Å². The summed E-state index contributed by atoms with van der Waals surface area (Å²) < 4.78 is 0. The minimum atomic E-state index is -0.125. The Morgan fingerprint density at radius 2 is 2.23 bits per heavy atom. The Hall–Kier alpha value is -2.22. The van der Waals surface area contributed by atoms with Crippen molar-refractivity contribution in [2.75, 3.05) is 13.1 Å². The maximum atomic E-state index is 12.9. The molecule has 8 heteroatoms. The molecule has 5 rings (SSSR count). The highest BCUT2D eigenvalue weighted by molar-refractivity contribution is 7.07. The molecule has 0 radical (unpaired) electrons. The van der Waals surface area contributed by atoms with Crippen LogP contribution in [-0.4, -0.2) is 55.9 Å². The van der Waals surface area contributed by atoms with Gasteiger partial charge in [0, 0.05) is 30.2 Å². The summed E-state index contributed by atoms with van der Waals surface area (Å²) in [6.07, 6.45) is 1.78. The molecule has 0 aromatic carbocycles. The van der Waals surface area contributed by atoms with E-state index in [2.05, 4.69) is 29.0 Å². The van der Waals surface area contributed by atoms with Gasteiger partial charge < -0.3 is 9.80 Å². The topological polar surface area (TPSA) is 82.2 Å². The SMILES string of the molecule is CC(C)c1cc(C(=O)N2CC3CCC(C2)N(Cc2cscn2)C3=O)n[nH]1. The van der Waals surface area contributed by atoms with E-state index in [-0.39, 0.29) is 23.8 Å². The second-order valence-electron chi connectivity index (χ2n) is 7.45. The third kappa shape index (κ3) is 3.13. The molecule has 2 aromatic rings. The molecule has 5 heterocycles. The number of H-pyrrole nitrogens is 1. The fourth-order valence-electron chi connectivity index (χ4n) is 3.81. The van der Waals surface area contributed by atoms with Gasteiger partial charge in [-0.05, 0) is 24.8 Å². The number of aromatic amines is 1. The Morgan fingerprint density at radius 1 is 1.38 bits per heavy atom. The van der Waals surface area contributed by atoms with Crippen LogP contribution in [0.2, 0.25) is 0 Å². The number of fused-ring (bicyclic) bond motifs is 4. The van der Waals surface area contributed by atoms with Gasteiger partial charge in [0.2, 0.25) is 5.91 Å². The van der Waals surface area contributed by atoms with E-state index in [4.69, 9.17) is 0 Å². The van der Waals surface area contributed by atoms with Crippen LogP contribution < -0.4 is 0 Å². The van der Waals surface area contributed by atoms with E-state index in [1.54, 1.807) is 5.51 Å². The fourth-order valence-corrected chi connectivity index (χ4v) is 4.36. The van der Waals surface area contributed by atoms with Crippen LogP contribution in [0.3, 0.4) is 0 Å². The van der Waals surface area contributed by atoms with Crippen LogP contribution in [0.4, 0.5) is 0 Å². The van der Waals surface area contributed by atoms with Crippen molar-refractivity contribution in [3.63, 3.8) is 0 Å². The highest BCUT2D eigenvalue weighted by Gasteiger charge is 2.42. The Labute approximate surface area is 156 Å². The van der Waals surface area contributed by atoms with Gasteiger partial charge in [-0.25, -0.2) is 4.98 Å². The summed E-state index contributed by atoms with van der Waals surface area (Å²) in [4.78, 5) is 33.8. The first-order valence-corrected chi connectivity index (χ1v) is 9.99. The summed E-state index contributed by atoms with van der Waals surface area (Å²) in [5.74, 6) is 0.224. The van der Waals surface area contributed by atoms with Gasteiger partial charge in [-0.1, -0.05) is 13.8 Å². The highest BCUT2D eigenvalue weighted by Crippen LogP contribution is 2.31. The molecule has 3 fully saturated rings. The van der Waals surface area contributed by atoms with E-state index < -0.39 is 0 Å². The van der Waals surface area contributed by atoms with Gasteiger partial charge in [0.1, 0.15) is 5.69 Å². The van der Waals surface area contributed by atoms with Gasteiger partial charge in [-0.3, -0.25) is 14.7 Å². The van der Waals surface area contributed by atoms with Crippen LogP contribution >= 0.6 is 11.3 Å². The molecule has 0 aliphatic carbocycles. The predicted molar refractivity (Wildman–Crippen MR) is 97.8 cm³/mol. The van der Waals surface area contributed by atoms with Crippen molar-refractivity contribution in [3.8, 4) is 0 Å². The molecule has 7 nitrogen and oxygen atoms in total. The van der Waals surface area contributed by atoms with Gasteiger partial charge >= 0.3 is 0 Å². The Morgan fingerprint density at radius 3 is 2.92 bits per heavy atom.